The predicted molar refractivity (Wildman–Crippen MR) is 48.1 cm³/mol. The summed E-state index contributed by atoms with van der Waals surface area (Å²) in [5.41, 5.74) is 0. The summed E-state index contributed by atoms with van der Waals surface area (Å²) >= 11 is 0. The number of nitrogens with zero attached hydrogens (tertiary/aromatic N) is 2. The number of anilines is 1. The predicted octanol–water partition coefficient (Wildman–Crippen LogP) is 0.526. The van der Waals surface area contributed by atoms with E-state index in [1.54, 1.807) is 6.20 Å². The summed E-state index contributed by atoms with van der Waals surface area (Å²) in [4.78, 5) is 9.48. The van der Waals surface area contributed by atoms with Crippen LogP contribution in [0.25, 0.3) is 0 Å². The van der Waals surface area contributed by atoms with E-state index in [9.17, 15) is 0 Å². The van der Waals surface area contributed by atoms with Gasteiger partial charge in [0.05, 0.1) is 0 Å². The van der Waals surface area contributed by atoms with Crippen LogP contribution in [0.3, 0.4) is 0 Å². The summed E-state index contributed by atoms with van der Waals surface area (Å²) in [6, 6.07) is 0.557. The van der Waals surface area contributed by atoms with Gasteiger partial charge in [-0.05, 0) is 20.0 Å². The molecule has 66 valence electrons. The number of nitrogens with one attached hydrogen (secondary N) is 2. The van der Waals surface area contributed by atoms with Crippen LogP contribution in [0, 0.1) is 0 Å². The lowest BCUT2D eigenvalue weighted by Crippen LogP contribution is -2.23. The molecule has 1 aliphatic heterocycles. The number of likely N-dealkylation sites (N-methyl/N-ethyl adjacent to an activating group) is 1. The van der Waals surface area contributed by atoms with Crippen LogP contribution in [0.5, 0.6) is 0 Å². The minimum Gasteiger partial charge on any atom is -0.352 e. The van der Waals surface area contributed by atoms with Crippen molar-refractivity contribution in [3.05, 3.63) is 12.4 Å². The highest BCUT2D eigenvalue weighted by molar-refractivity contribution is 5.25. The Morgan fingerprint density at radius 2 is 2.67 bits per heavy atom. The molecule has 2 rings (SSSR count). The van der Waals surface area contributed by atoms with Gasteiger partial charge in [0.1, 0.15) is 0 Å². The Hall–Kier alpha value is -1.03. The minimum atomic E-state index is 0.557. The average molecular weight is 166 g/mol. The number of imidazole rings is 1. The maximum Gasteiger partial charge on any atom is 0.200 e. The molecule has 0 aliphatic carbocycles. The maximum absolute atomic E-state index is 4.12. The van der Waals surface area contributed by atoms with E-state index in [-0.39, 0.29) is 0 Å². The lowest BCUT2D eigenvalue weighted by molar-refractivity contribution is 0.414. The summed E-state index contributed by atoms with van der Waals surface area (Å²) in [5, 5.41) is 3.34. The molecule has 0 radical (unpaired) electrons. The van der Waals surface area contributed by atoms with Gasteiger partial charge < -0.3 is 15.2 Å². The van der Waals surface area contributed by atoms with Gasteiger partial charge in [-0.3, -0.25) is 0 Å². The van der Waals surface area contributed by atoms with E-state index in [1.807, 2.05) is 6.20 Å². The Morgan fingerprint density at radius 3 is 3.25 bits per heavy atom. The first-order valence-electron chi connectivity index (χ1n) is 4.29. The quantitative estimate of drug-likeness (QED) is 0.673. The number of aromatic amines is 1. The molecule has 0 aromatic carbocycles. The van der Waals surface area contributed by atoms with E-state index in [0.29, 0.717) is 6.04 Å². The van der Waals surface area contributed by atoms with Gasteiger partial charge in [-0.15, -0.1) is 0 Å². The number of aromatic nitrogens is 2. The zero-order valence-electron chi connectivity index (χ0n) is 7.25. The van der Waals surface area contributed by atoms with Crippen LogP contribution < -0.4 is 5.32 Å². The third-order valence-electron chi connectivity index (χ3n) is 2.23. The highest BCUT2D eigenvalue weighted by atomic mass is 15.2. The number of hydrogen-bond acceptors (Lipinski definition) is 3. The first-order chi connectivity index (χ1) is 5.84. The summed E-state index contributed by atoms with van der Waals surface area (Å²) in [6.07, 6.45) is 4.80. The Kier molecular flexibility index (Phi) is 1.99. The Bertz CT molecular complexity index is 231. The van der Waals surface area contributed by atoms with Gasteiger partial charge in [0, 0.05) is 25.0 Å². The molecule has 12 heavy (non-hydrogen) atoms. The summed E-state index contributed by atoms with van der Waals surface area (Å²) in [6.45, 7) is 2.29. The topological polar surface area (TPSA) is 44.0 Å². The second kappa shape index (κ2) is 3.15. The number of hydrogen-bond donors (Lipinski definition) is 2. The van der Waals surface area contributed by atoms with E-state index >= 15 is 0 Å². The molecule has 1 aromatic rings. The molecule has 0 bridgehead atoms. The van der Waals surface area contributed by atoms with Crippen molar-refractivity contribution in [2.24, 2.45) is 0 Å². The van der Waals surface area contributed by atoms with Crippen molar-refractivity contribution in [1.29, 1.82) is 0 Å². The van der Waals surface area contributed by atoms with Crippen LogP contribution in [0.4, 0.5) is 5.95 Å². The van der Waals surface area contributed by atoms with Crippen molar-refractivity contribution >= 4 is 5.95 Å². The van der Waals surface area contributed by atoms with Crippen molar-refractivity contribution in [3.63, 3.8) is 0 Å². The zero-order valence-corrected chi connectivity index (χ0v) is 7.25. The molecule has 1 aromatic heterocycles. The molecule has 2 heterocycles. The summed E-state index contributed by atoms with van der Waals surface area (Å²) in [5.74, 6) is 0.885. The van der Waals surface area contributed by atoms with Gasteiger partial charge in [0.25, 0.3) is 0 Å². The standard InChI is InChI=1S/C8H14N4/c1-12-5-2-7(6-12)11-8-9-3-4-10-8/h3-4,7H,2,5-6H2,1H3,(H2,9,10,11). The van der Waals surface area contributed by atoms with Crippen LogP contribution in [-0.4, -0.2) is 41.0 Å². The zero-order chi connectivity index (χ0) is 8.39. The summed E-state index contributed by atoms with van der Waals surface area (Å²) < 4.78 is 0. The number of likely N-dealkylation sites (tertiary alicyclic amines) is 1. The average Bonchev–Trinajstić information content (AvgIpc) is 2.63. The fourth-order valence-electron chi connectivity index (χ4n) is 1.59. The van der Waals surface area contributed by atoms with Crippen molar-refractivity contribution in [1.82, 2.24) is 14.9 Å². The Labute approximate surface area is 72.0 Å². The maximum atomic E-state index is 4.12. The summed E-state index contributed by atoms with van der Waals surface area (Å²) in [7, 11) is 2.14. The van der Waals surface area contributed by atoms with Gasteiger partial charge in [-0.2, -0.15) is 0 Å². The van der Waals surface area contributed by atoms with Crippen LogP contribution in [-0.2, 0) is 0 Å². The van der Waals surface area contributed by atoms with Crippen LogP contribution >= 0.6 is 0 Å². The van der Waals surface area contributed by atoms with Crippen molar-refractivity contribution < 1.29 is 0 Å². The highest BCUT2D eigenvalue weighted by Crippen LogP contribution is 2.10. The van der Waals surface area contributed by atoms with Gasteiger partial charge in [-0.25, -0.2) is 4.98 Å². The monoisotopic (exact) mass is 166 g/mol. The molecule has 4 heteroatoms. The number of H-pyrrole nitrogens is 1. The third-order valence-corrected chi connectivity index (χ3v) is 2.23. The molecular formula is C8H14N4. The smallest absolute Gasteiger partial charge is 0.200 e. The van der Waals surface area contributed by atoms with E-state index in [1.165, 1.54) is 13.0 Å². The van der Waals surface area contributed by atoms with E-state index < -0.39 is 0 Å². The second-order valence-electron chi connectivity index (χ2n) is 3.33. The first kappa shape index (κ1) is 7.61. The lowest BCUT2D eigenvalue weighted by Gasteiger charge is -2.11. The molecule has 1 fully saturated rings. The Morgan fingerprint density at radius 1 is 1.75 bits per heavy atom. The van der Waals surface area contributed by atoms with Gasteiger partial charge >= 0.3 is 0 Å². The van der Waals surface area contributed by atoms with Gasteiger partial charge in [-0.1, -0.05) is 0 Å². The SMILES string of the molecule is CN1CCC(Nc2ncc[nH]2)C1. The second-order valence-corrected chi connectivity index (χ2v) is 3.33. The minimum absolute atomic E-state index is 0.557. The van der Waals surface area contributed by atoms with Gasteiger partial charge in [0.2, 0.25) is 0 Å². The highest BCUT2D eigenvalue weighted by Gasteiger charge is 2.19. The normalized spacial score (nSPS) is 24.6. The molecule has 0 amide bonds. The van der Waals surface area contributed by atoms with Crippen LogP contribution in [0.1, 0.15) is 6.42 Å². The van der Waals surface area contributed by atoms with Crippen LogP contribution in [0.15, 0.2) is 12.4 Å². The molecule has 0 spiro atoms. The first-order valence-corrected chi connectivity index (χ1v) is 4.29. The molecule has 2 N–H and O–H groups in total. The van der Waals surface area contributed by atoms with E-state index in [2.05, 4.69) is 27.2 Å². The Balaban J connectivity index is 1.88. The molecule has 1 atom stereocenters. The fraction of sp³-hybridized carbons (Fsp3) is 0.625. The van der Waals surface area contributed by atoms with Gasteiger partial charge in [0.15, 0.2) is 5.95 Å². The van der Waals surface area contributed by atoms with E-state index in [0.717, 1.165) is 12.5 Å². The lowest BCUT2D eigenvalue weighted by atomic mass is 10.3. The molecule has 0 saturated carbocycles. The van der Waals surface area contributed by atoms with Crippen molar-refractivity contribution in [2.75, 3.05) is 25.5 Å². The molecule has 1 saturated heterocycles. The molecule has 1 unspecified atom stereocenters. The van der Waals surface area contributed by atoms with Crippen LogP contribution in [0.2, 0.25) is 0 Å². The molecule has 4 nitrogen and oxygen atoms in total. The third kappa shape index (κ3) is 1.58. The van der Waals surface area contributed by atoms with Crippen molar-refractivity contribution in [2.45, 2.75) is 12.5 Å². The molecular weight excluding hydrogens is 152 g/mol. The fourth-order valence-corrected chi connectivity index (χ4v) is 1.59. The molecule has 1 aliphatic rings. The number of rotatable bonds is 2. The van der Waals surface area contributed by atoms with E-state index in [4.69, 9.17) is 0 Å². The largest absolute Gasteiger partial charge is 0.352 e. The van der Waals surface area contributed by atoms with Crippen molar-refractivity contribution in [3.8, 4) is 0 Å².